The van der Waals surface area contributed by atoms with E-state index in [0.29, 0.717) is 35.6 Å². The largest absolute Gasteiger partial charge is 0.496 e. The highest BCUT2D eigenvalue weighted by atomic mass is 79.9. The van der Waals surface area contributed by atoms with Gasteiger partial charge in [0.2, 0.25) is 0 Å². The summed E-state index contributed by atoms with van der Waals surface area (Å²) >= 11 is 3.51. The first-order valence-corrected chi connectivity index (χ1v) is 12.2. The lowest BCUT2D eigenvalue weighted by Gasteiger charge is -2.38. The van der Waals surface area contributed by atoms with Gasteiger partial charge in [-0.1, -0.05) is 24.3 Å². The highest BCUT2D eigenvalue weighted by molar-refractivity contribution is 9.10. The average Bonchev–Trinajstić information content (AvgIpc) is 2.82. The van der Waals surface area contributed by atoms with Gasteiger partial charge in [-0.25, -0.2) is 4.79 Å². The third kappa shape index (κ3) is 4.75. The Kier molecular flexibility index (Phi) is 7.41. The number of esters is 1. The molecule has 1 heterocycles. The summed E-state index contributed by atoms with van der Waals surface area (Å²) in [6, 6.07) is 13.4. The second-order valence-corrected chi connectivity index (χ2v) is 9.15. The zero-order valence-electron chi connectivity index (χ0n) is 19.5. The predicted molar refractivity (Wildman–Crippen MR) is 132 cm³/mol. The summed E-state index contributed by atoms with van der Waals surface area (Å²) < 4.78 is 17.9. The van der Waals surface area contributed by atoms with E-state index in [4.69, 9.17) is 14.2 Å². The van der Waals surface area contributed by atoms with Crippen LogP contribution in [0.15, 0.2) is 70.0 Å². The van der Waals surface area contributed by atoms with Gasteiger partial charge < -0.3 is 19.5 Å². The molecule has 0 aromatic heterocycles. The molecule has 0 amide bonds. The molecule has 34 heavy (non-hydrogen) atoms. The monoisotopic (exact) mass is 525 g/mol. The number of carbonyl (C=O) groups is 2. The molecule has 7 heteroatoms. The number of allylic oxidation sites excluding steroid dienone is 3. The van der Waals surface area contributed by atoms with E-state index in [2.05, 4.69) is 27.3 Å². The lowest BCUT2D eigenvalue weighted by molar-refractivity contribution is -0.139. The van der Waals surface area contributed by atoms with Crippen LogP contribution in [0.25, 0.3) is 0 Å². The highest BCUT2D eigenvalue weighted by Crippen LogP contribution is 2.44. The Morgan fingerprint density at radius 1 is 1.15 bits per heavy atom. The van der Waals surface area contributed by atoms with Crippen molar-refractivity contribution in [1.29, 1.82) is 0 Å². The molecule has 2 unspecified atom stereocenters. The molecule has 4 rings (SSSR count). The molecular formula is C27H28BrNO5. The van der Waals surface area contributed by atoms with Crippen molar-refractivity contribution >= 4 is 27.7 Å². The van der Waals surface area contributed by atoms with Crippen LogP contribution in [0.5, 0.6) is 11.5 Å². The summed E-state index contributed by atoms with van der Waals surface area (Å²) in [5, 5.41) is 3.29. The fourth-order valence-corrected chi connectivity index (χ4v) is 5.07. The Morgan fingerprint density at radius 2 is 1.94 bits per heavy atom. The van der Waals surface area contributed by atoms with E-state index in [-0.39, 0.29) is 19.0 Å². The minimum absolute atomic E-state index is 0.117. The number of hydrogen-bond acceptors (Lipinski definition) is 6. The fraction of sp³-hybridized carbons (Fsp3) is 0.333. The summed E-state index contributed by atoms with van der Waals surface area (Å²) in [5.74, 6) is 0.193. The Labute approximate surface area is 208 Å². The molecule has 1 aliphatic heterocycles. The summed E-state index contributed by atoms with van der Waals surface area (Å²) in [4.78, 5) is 26.1. The first-order valence-electron chi connectivity index (χ1n) is 11.4. The minimum atomic E-state index is -0.456. The number of ketones is 1. The SMILES string of the molecule is CCOC(=O)C1=C(C)NC2=CCCC(=O)C2C1c1ccc(OC)c(COc2ccccc2Br)c1. The van der Waals surface area contributed by atoms with Gasteiger partial charge in [0.1, 0.15) is 23.9 Å². The van der Waals surface area contributed by atoms with Gasteiger partial charge in [0, 0.05) is 29.3 Å². The Bertz CT molecular complexity index is 1170. The van der Waals surface area contributed by atoms with Crippen LogP contribution in [0, 0.1) is 5.92 Å². The number of halogens is 1. The van der Waals surface area contributed by atoms with E-state index < -0.39 is 17.8 Å². The van der Waals surface area contributed by atoms with E-state index in [1.807, 2.05) is 49.4 Å². The number of benzene rings is 2. The second kappa shape index (κ2) is 10.5. The third-order valence-electron chi connectivity index (χ3n) is 6.20. The van der Waals surface area contributed by atoms with E-state index in [1.54, 1.807) is 14.0 Å². The Morgan fingerprint density at radius 3 is 2.68 bits per heavy atom. The van der Waals surface area contributed by atoms with Crippen molar-refractivity contribution in [2.75, 3.05) is 13.7 Å². The highest BCUT2D eigenvalue weighted by Gasteiger charge is 2.43. The molecule has 0 bridgehead atoms. The average molecular weight is 526 g/mol. The molecule has 1 N–H and O–H groups in total. The number of nitrogens with one attached hydrogen (secondary N) is 1. The summed E-state index contributed by atoms with van der Waals surface area (Å²) in [5.41, 5.74) is 3.73. The maximum Gasteiger partial charge on any atom is 0.336 e. The molecule has 0 spiro atoms. The summed E-state index contributed by atoms with van der Waals surface area (Å²) in [6.07, 6.45) is 3.21. The van der Waals surface area contributed by atoms with Gasteiger partial charge in [0.15, 0.2) is 0 Å². The number of rotatable bonds is 7. The van der Waals surface area contributed by atoms with Crippen LogP contribution in [0.2, 0.25) is 0 Å². The van der Waals surface area contributed by atoms with Gasteiger partial charge in [-0.15, -0.1) is 0 Å². The first-order chi connectivity index (χ1) is 16.4. The number of ether oxygens (including phenoxy) is 3. The Balaban J connectivity index is 1.77. The number of fused-ring (bicyclic) bond motifs is 1. The van der Waals surface area contributed by atoms with Crippen LogP contribution in [0.4, 0.5) is 0 Å². The minimum Gasteiger partial charge on any atom is -0.496 e. The summed E-state index contributed by atoms with van der Waals surface area (Å²) in [6.45, 7) is 4.16. The molecule has 6 nitrogen and oxygen atoms in total. The van der Waals surface area contributed by atoms with Crippen LogP contribution in [-0.4, -0.2) is 25.5 Å². The second-order valence-electron chi connectivity index (χ2n) is 8.29. The molecule has 0 fully saturated rings. The van der Waals surface area contributed by atoms with Crippen LogP contribution < -0.4 is 14.8 Å². The molecule has 2 aliphatic rings. The molecule has 0 radical (unpaired) electrons. The molecule has 178 valence electrons. The zero-order valence-corrected chi connectivity index (χ0v) is 21.1. The van der Waals surface area contributed by atoms with Gasteiger partial charge in [-0.2, -0.15) is 0 Å². The normalized spacial score (nSPS) is 19.6. The molecule has 1 aliphatic carbocycles. The van der Waals surface area contributed by atoms with Gasteiger partial charge >= 0.3 is 5.97 Å². The van der Waals surface area contributed by atoms with E-state index in [9.17, 15) is 9.59 Å². The third-order valence-corrected chi connectivity index (χ3v) is 6.85. The van der Waals surface area contributed by atoms with Crippen molar-refractivity contribution in [3.05, 3.63) is 81.1 Å². The van der Waals surface area contributed by atoms with Crippen molar-refractivity contribution in [3.63, 3.8) is 0 Å². The maximum atomic E-state index is 13.1. The standard InChI is InChI=1S/C27H28BrNO5/c1-4-33-27(31)24-16(2)29-20-9-7-10-21(30)26(20)25(24)17-12-13-22(32-3)18(14-17)15-34-23-11-6-5-8-19(23)28/h5-6,8-9,11-14,25-26,29H,4,7,10,15H2,1-3H3. The molecule has 0 saturated carbocycles. The topological polar surface area (TPSA) is 73.9 Å². The predicted octanol–water partition coefficient (Wildman–Crippen LogP) is 5.42. The maximum absolute atomic E-state index is 13.1. The number of para-hydroxylation sites is 1. The zero-order chi connectivity index (χ0) is 24.2. The molecule has 2 aromatic rings. The van der Waals surface area contributed by atoms with E-state index in [0.717, 1.165) is 21.3 Å². The number of Topliss-reactive ketones (excluding diaryl/α,β-unsaturated/α-hetero) is 1. The molecule has 2 atom stereocenters. The van der Waals surface area contributed by atoms with E-state index in [1.165, 1.54) is 0 Å². The van der Waals surface area contributed by atoms with Crippen LogP contribution >= 0.6 is 15.9 Å². The van der Waals surface area contributed by atoms with Crippen molar-refractivity contribution in [2.24, 2.45) is 5.92 Å². The van der Waals surface area contributed by atoms with Crippen LogP contribution in [0.1, 0.15) is 43.7 Å². The van der Waals surface area contributed by atoms with Crippen LogP contribution in [0.3, 0.4) is 0 Å². The van der Waals surface area contributed by atoms with Gasteiger partial charge in [-0.3, -0.25) is 4.79 Å². The van der Waals surface area contributed by atoms with E-state index >= 15 is 0 Å². The van der Waals surface area contributed by atoms with Crippen molar-refractivity contribution in [1.82, 2.24) is 5.32 Å². The van der Waals surface area contributed by atoms with Crippen molar-refractivity contribution in [3.8, 4) is 11.5 Å². The van der Waals surface area contributed by atoms with Gasteiger partial charge in [-0.05, 0) is 66.0 Å². The van der Waals surface area contributed by atoms with Crippen LogP contribution in [-0.2, 0) is 20.9 Å². The molecular weight excluding hydrogens is 498 g/mol. The van der Waals surface area contributed by atoms with Gasteiger partial charge in [0.25, 0.3) is 0 Å². The number of methoxy groups -OCH3 is 1. The van der Waals surface area contributed by atoms with Crippen molar-refractivity contribution < 1.29 is 23.8 Å². The lowest BCUT2D eigenvalue weighted by Crippen LogP contribution is -2.40. The smallest absolute Gasteiger partial charge is 0.336 e. The Hall–Kier alpha value is -3.06. The first kappa shape index (κ1) is 24.1. The summed E-state index contributed by atoms with van der Waals surface area (Å²) in [7, 11) is 1.61. The number of carbonyl (C=O) groups excluding carboxylic acids is 2. The van der Waals surface area contributed by atoms with Gasteiger partial charge in [0.05, 0.1) is 29.7 Å². The molecule has 2 aromatic carbocycles. The fourth-order valence-electron chi connectivity index (χ4n) is 4.67. The lowest BCUT2D eigenvalue weighted by atomic mass is 9.71. The molecule has 0 saturated heterocycles. The van der Waals surface area contributed by atoms with Crippen molar-refractivity contribution in [2.45, 2.75) is 39.2 Å². The quantitative estimate of drug-likeness (QED) is 0.486. The number of hydrogen-bond donors (Lipinski definition) is 1.